The van der Waals surface area contributed by atoms with Crippen LogP contribution in [0.25, 0.3) is 0 Å². The SMILES string of the molecule is CCOc1ccc(C(=O)C(C)NCc2ccc(C)cc2)cc1N. The molecule has 0 saturated carbocycles. The number of nitrogens with one attached hydrogen (secondary N) is 1. The smallest absolute Gasteiger partial charge is 0.179 e. The fourth-order valence-electron chi connectivity index (χ4n) is 2.31. The Morgan fingerprint density at radius 3 is 2.52 bits per heavy atom. The van der Waals surface area contributed by atoms with Gasteiger partial charge in [0.05, 0.1) is 18.3 Å². The average molecular weight is 312 g/mol. The molecule has 0 heterocycles. The van der Waals surface area contributed by atoms with Gasteiger partial charge in [0.15, 0.2) is 5.78 Å². The molecule has 0 aliphatic heterocycles. The van der Waals surface area contributed by atoms with Crippen molar-refractivity contribution in [2.24, 2.45) is 0 Å². The Morgan fingerprint density at radius 2 is 1.91 bits per heavy atom. The normalized spacial score (nSPS) is 12.0. The molecule has 4 nitrogen and oxygen atoms in total. The fourth-order valence-corrected chi connectivity index (χ4v) is 2.31. The van der Waals surface area contributed by atoms with Crippen molar-refractivity contribution in [3.05, 3.63) is 59.2 Å². The second kappa shape index (κ2) is 7.79. The highest BCUT2D eigenvalue weighted by molar-refractivity contribution is 6.00. The van der Waals surface area contributed by atoms with Gasteiger partial charge in [-0.2, -0.15) is 0 Å². The summed E-state index contributed by atoms with van der Waals surface area (Å²) in [6, 6.07) is 13.2. The summed E-state index contributed by atoms with van der Waals surface area (Å²) < 4.78 is 5.39. The predicted molar refractivity (Wildman–Crippen MR) is 93.8 cm³/mol. The molecule has 1 atom stereocenters. The molecule has 2 aromatic rings. The maximum Gasteiger partial charge on any atom is 0.179 e. The van der Waals surface area contributed by atoms with E-state index in [0.717, 1.165) is 5.56 Å². The lowest BCUT2D eigenvalue weighted by Gasteiger charge is -2.14. The maximum atomic E-state index is 12.5. The molecule has 23 heavy (non-hydrogen) atoms. The van der Waals surface area contributed by atoms with Crippen LogP contribution in [-0.4, -0.2) is 18.4 Å². The Bertz CT molecular complexity index is 666. The van der Waals surface area contributed by atoms with Crippen molar-refractivity contribution in [1.29, 1.82) is 0 Å². The van der Waals surface area contributed by atoms with Gasteiger partial charge >= 0.3 is 0 Å². The number of ether oxygens (including phenoxy) is 1. The minimum atomic E-state index is -0.284. The van der Waals surface area contributed by atoms with E-state index in [1.165, 1.54) is 5.56 Å². The van der Waals surface area contributed by atoms with Crippen molar-refractivity contribution in [3.63, 3.8) is 0 Å². The van der Waals surface area contributed by atoms with Crippen molar-refractivity contribution in [1.82, 2.24) is 5.32 Å². The van der Waals surface area contributed by atoms with E-state index in [0.29, 0.717) is 30.2 Å². The van der Waals surface area contributed by atoms with E-state index in [9.17, 15) is 4.79 Å². The van der Waals surface area contributed by atoms with Gasteiger partial charge in [-0.15, -0.1) is 0 Å². The van der Waals surface area contributed by atoms with Gasteiger partial charge in [0.1, 0.15) is 5.75 Å². The third-order valence-corrected chi connectivity index (χ3v) is 3.72. The first-order valence-corrected chi connectivity index (χ1v) is 7.86. The van der Waals surface area contributed by atoms with Crippen LogP contribution in [0.15, 0.2) is 42.5 Å². The van der Waals surface area contributed by atoms with Crippen LogP contribution >= 0.6 is 0 Å². The van der Waals surface area contributed by atoms with Gasteiger partial charge < -0.3 is 15.8 Å². The van der Waals surface area contributed by atoms with Crippen LogP contribution in [0.4, 0.5) is 5.69 Å². The summed E-state index contributed by atoms with van der Waals surface area (Å²) >= 11 is 0. The summed E-state index contributed by atoms with van der Waals surface area (Å²) in [4.78, 5) is 12.5. The molecule has 0 radical (unpaired) electrons. The molecule has 0 aliphatic carbocycles. The van der Waals surface area contributed by atoms with Crippen molar-refractivity contribution >= 4 is 11.5 Å². The predicted octanol–water partition coefficient (Wildman–Crippen LogP) is 3.34. The molecule has 0 bridgehead atoms. The number of benzene rings is 2. The Kier molecular flexibility index (Phi) is 5.77. The topological polar surface area (TPSA) is 64.3 Å². The van der Waals surface area contributed by atoms with E-state index in [2.05, 4.69) is 36.5 Å². The lowest BCUT2D eigenvalue weighted by Crippen LogP contribution is -2.33. The van der Waals surface area contributed by atoms with Crippen LogP contribution in [0.1, 0.15) is 35.3 Å². The second-order valence-electron chi connectivity index (χ2n) is 5.64. The van der Waals surface area contributed by atoms with Crippen molar-refractivity contribution in [2.75, 3.05) is 12.3 Å². The number of nitrogen functional groups attached to an aromatic ring is 1. The first kappa shape index (κ1) is 17.0. The zero-order valence-corrected chi connectivity index (χ0v) is 13.9. The average Bonchev–Trinajstić information content (AvgIpc) is 2.55. The first-order valence-electron chi connectivity index (χ1n) is 7.86. The summed E-state index contributed by atoms with van der Waals surface area (Å²) in [5, 5.41) is 3.25. The molecule has 0 aliphatic rings. The highest BCUT2D eigenvalue weighted by Crippen LogP contribution is 2.23. The van der Waals surface area contributed by atoms with E-state index in [1.54, 1.807) is 18.2 Å². The largest absolute Gasteiger partial charge is 0.492 e. The van der Waals surface area contributed by atoms with E-state index in [4.69, 9.17) is 10.5 Å². The van der Waals surface area contributed by atoms with Crippen molar-refractivity contribution in [2.45, 2.75) is 33.4 Å². The number of ketones is 1. The Labute approximate surface area is 137 Å². The Balaban J connectivity index is 1.99. The molecule has 2 aromatic carbocycles. The summed E-state index contributed by atoms with van der Waals surface area (Å²) in [6.07, 6.45) is 0. The third-order valence-electron chi connectivity index (χ3n) is 3.72. The first-order chi connectivity index (χ1) is 11.0. The van der Waals surface area contributed by atoms with Gasteiger partial charge in [-0.1, -0.05) is 29.8 Å². The van der Waals surface area contributed by atoms with Crippen molar-refractivity contribution in [3.8, 4) is 5.75 Å². The van der Waals surface area contributed by atoms with Gasteiger partial charge in [-0.3, -0.25) is 4.79 Å². The lowest BCUT2D eigenvalue weighted by molar-refractivity contribution is 0.0950. The number of aryl methyl sites for hydroxylation is 1. The molecule has 1 unspecified atom stereocenters. The van der Waals surface area contributed by atoms with Crippen molar-refractivity contribution < 1.29 is 9.53 Å². The minimum absolute atomic E-state index is 0.0202. The van der Waals surface area contributed by atoms with E-state index in [-0.39, 0.29) is 11.8 Å². The fraction of sp³-hybridized carbons (Fsp3) is 0.316. The van der Waals surface area contributed by atoms with Gasteiger partial charge in [0.25, 0.3) is 0 Å². The van der Waals surface area contributed by atoms with Crippen LogP contribution in [0.5, 0.6) is 5.75 Å². The summed E-state index contributed by atoms with van der Waals surface area (Å²) in [6.45, 7) is 7.02. The second-order valence-corrected chi connectivity index (χ2v) is 5.64. The number of Topliss-reactive ketones (excluding diaryl/α,β-unsaturated/α-hetero) is 1. The minimum Gasteiger partial charge on any atom is -0.492 e. The number of hydrogen-bond acceptors (Lipinski definition) is 4. The van der Waals surface area contributed by atoms with E-state index >= 15 is 0 Å². The summed E-state index contributed by atoms with van der Waals surface area (Å²) in [7, 11) is 0. The van der Waals surface area contributed by atoms with Crippen LogP contribution in [0, 0.1) is 6.92 Å². The standard InChI is InChI=1S/C19H24N2O2/c1-4-23-18-10-9-16(11-17(18)20)19(22)14(3)21-12-15-7-5-13(2)6-8-15/h5-11,14,21H,4,12,20H2,1-3H3. The monoisotopic (exact) mass is 312 g/mol. The van der Waals surface area contributed by atoms with Crippen LogP contribution in [0.3, 0.4) is 0 Å². The van der Waals surface area contributed by atoms with Gasteiger partial charge in [-0.25, -0.2) is 0 Å². The molecule has 4 heteroatoms. The molecular weight excluding hydrogens is 288 g/mol. The number of rotatable bonds is 7. The number of anilines is 1. The number of carbonyl (C=O) groups excluding carboxylic acids is 1. The quantitative estimate of drug-likeness (QED) is 0.608. The van der Waals surface area contributed by atoms with Crippen LogP contribution in [0.2, 0.25) is 0 Å². The highest BCUT2D eigenvalue weighted by atomic mass is 16.5. The molecular formula is C19H24N2O2. The van der Waals surface area contributed by atoms with Gasteiger partial charge in [0.2, 0.25) is 0 Å². The molecule has 0 amide bonds. The number of carbonyl (C=O) groups is 1. The van der Waals surface area contributed by atoms with Gasteiger partial charge in [0, 0.05) is 12.1 Å². The Hall–Kier alpha value is -2.33. The van der Waals surface area contributed by atoms with E-state index < -0.39 is 0 Å². The van der Waals surface area contributed by atoms with Crippen LogP contribution in [-0.2, 0) is 6.54 Å². The molecule has 0 saturated heterocycles. The zero-order chi connectivity index (χ0) is 16.8. The molecule has 122 valence electrons. The number of hydrogen-bond donors (Lipinski definition) is 2. The molecule has 0 fully saturated rings. The summed E-state index contributed by atoms with van der Waals surface area (Å²) in [5.41, 5.74) is 9.39. The molecule has 3 N–H and O–H groups in total. The lowest BCUT2D eigenvalue weighted by atomic mass is 10.0. The highest BCUT2D eigenvalue weighted by Gasteiger charge is 2.16. The molecule has 2 rings (SSSR count). The maximum absolute atomic E-state index is 12.5. The number of nitrogens with two attached hydrogens (primary N) is 1. The zero-order valence-electron chi connectivity index (χ0n) is 13.9. The molecule has 0 spiro atoms. The third kappa shape index (κ3) is 4.57. The van der Waals surface area contributed by atoms with Gasteiger partial charge in [-0.05, 0) is 44.5 Å². The summed E-state index contributed by atoms with van der Waals surface area (Å²) in [5.74, 6) is 0.635. The van der Waals surface area contributed by atoms with E-state index in [1.807, 2.05) is 13.8 Å². The Morgan fingerprint density at radius 1 is 1.22 bits per heavy atom. The molecule has 0 aromatic heterocycles. The van der Waals surface area contributed by atoms with Crippen LogP contribution < -0.4 is 15.8 Å².